The van der Waals surface area contributed by atoms with Gasteiger partial charge in [-0.15, -0.1) is 0 Å². The fourth-order valence-corrected chi connectivity index (χ4v) is 3.09. The van der Waals surface area contributed by atoms with Crippen LogP contribution in [0.3, 0.4) is 0 Å². The zero-order valence-corrected chi connectivity index (χ0v) is 16.1. The Hall–Kier alpha value is -3.47. The van der Waals surface area contributed by atoms with E-state index in [4.69, 9.17) is 15.2 Å². The van der Waals surface area contributed by atoms with Crippen LogP contribution in [0.25, 0.3) is 22.3 Å². The fraction of sp³-hybridized carbons (Fsp3) is 0.300. The molecule has 1 amide bonds. The number of halogens is 3. The molecule has 0 bridgehead atoms. The minimum atomic E-state index is -4.47. The number of rotatable bonds is 5. The molecule has 2 aromatic heterocycles. The number of carbonyl (C=O) groups excluding carboxylic acids is 1. The zero-order chi connectivity index (χ0) is 22.0. The van der Waals surface area contributed by atoms with Crippen molar-refractivity contribution >= 4 is 22.9 Å². The van der Waals surface area contributed by atoms with Gasteiger partial charge in [0.15, 0.2) is 5.52 Å². The molecule has 8 nitrogen and oxygen atoms in total. The van der Waals surface area contributed by atoms with Gasteiger partial charge in [-0.05, 0) is 24.3 Å². The average Bonchev–Trinajstić information content (AvgIpc) is 3.24. The van der Waals surface area contributed by atoms with Crippen LogP contribution in [-0.4, -0.2) is 52.9 Å². The van der Waals surface area contributed by atoms with E-state index in [9.17, 15) is 18.0 Å². The number of amides is 1. The molecule has 31 heavy (non-hydrogen) atoms. The van der Waals surface area contributed by atoms with E-state index < -0.39 is 18.6 Å². The van der Waals surface area contributed by atoms with Gasteiger partial charge in [0.1, 0.15) is 12.6 Å². The molecule has 1 aliphatic heterocycles. The highest BCUT2D eigenvalue weighted by atomic mass is 19.4. The van der Waals surface area contributed by atoms with Gasteiger partial charge in [0.2, 0.25) is 11.8 Å². The van der Waals surface area contributed by atoms with Gasteiger partial charge in [-0.2, -0.15) is 18.2 Å². The van der Waals surface area contributed by atoms with Gasteiger partial charge in [0.05, 0.1) is 24.4 Å². The molecule has 0 aliphatic carbocycles. The molecule has 1 unspecified atom stereocenters. The minimum absolute atomic E-state index is 0.0604. The van der Waals surface area contributed by atoms with Crippen LogP contribution in [0.1, 0.15) is 16.8 Å². The first-order valence-electron chi connectivity index (χ1n) is 9.42. The second-order valence-corrected chi connectivity index (χ2v) is 6.93. The molecule has 4 rings (SSSR count). The standard InChI is InChI=1S/C20H18F3N5O3/c21-20(22,23)10-25-17(29)12-3-1-11(2-4-12)14-5-6-15-16(26-14)18(28-19(24)27-15)31-13-7-8-30-9-13/h1-6,13H,7-10H2,(H,25,29)(H2,24,27,28). The predicted molar refractivity (Wildman–Crippen MR) is 105 cm³/mol. The largest absolute Gasteiger partial charge is 0.470 e. The lowest BCUT2D eigenvalue weighted by Gasteiger charge is -2.13. The van der Waals surface area contributed by atoms with Gasteiger partial charge in [0.25, 0.3) is 5.91 Å². The molecule has 11 heteroatoms. The maximum atomic E-state index is 12.3. The van der Waals surface area contributed by atoms with Crippen LogP contribution in [-0.2, 0) is 4.74 Å². The summed E-state index contributed by atoms with van der Waals surface area (Å²) in [5.74, 6) is -0.498. The summed E-state index contributed by atoms with van der Waals surface area (Å²) >= 11 is 0. The number of ether oxygens (including phenoxy) is 2. The van der Waals surface area contributed by atoms with Crippen LogP contribution in [0.4, 0.5) is 19.1 Å². The van der Waals surface area contributed by atoms with E-state index in [-0.39, 0.29) is 23.5 Å². The minimum Gasteiger partial charge on any atom is -0.470 e. The lowest BCUT2D eigenvalue weighted by Crippen LogP contribution is -2.33. The number of anilines is 1. The first-order valence-corrected chi connectivity index (χ1v) is 9.42. The smallest absolute Gasteiger partial charge is 0.405 e. The maximum absolute atomic E-state index is 12.3. The second kappa shape index (κ2) is 8.34. The van der Waals surface area contributed by atoms with Crippen molar-refractivity contribution in [1.82, 2.24) is 20.3 Å². The third-order valence-corrected chi connectivity index (χ3v) is 4.59. The highest BCUT2D eigenvalue weighted by Crippen LogP contribution is 2.27. The van der Waals surface area contributed by atoms with Crippen LogP contribution in [0.5, 0.6) is 5.88 Å². The van der Waals surface area contributed by atoms with Crippen molar-refractivity contribution in [3.63, 3.8) is 0 Å². The van der Waals surface area contributed by atoms with E-state index in [0.717, 1.165) is 6.42 Å². The monoisotopic (exact) mass is 433 g/mol. The van der Waals surface area contributed by atoms with E-state index in [2.05, 4.69) is 15.0 Å². The van der Waals surface area contributed by atoms with Crippen LogP contribution in [0.15, 0.2) is 36.4 Å². The molecular weight excluding hydrogens is 415 g/mol. The molecule has 1 atom stereocenters. The van der Waals surface area contributed by atoms with E-state index in [1.54, 1.807) is 24.3 Å². The number of nitrogen functional groups attached to an aromatic ring is 1. The lowest BCUT2D eigenvalue weighted by atomic mass is 10.1. The summed E-state index contributed by atoms with van der Waals surface area (Å²) in [6, 6.07) is 9.49. The normalized spacial score (nSPS) is 16.4. The molecule has 0 saturated carbocycles. The van der Waals surface area contributed by atoms with E-state index in [1.165, 1.54) is 12.1 Å². The zero-order valence-electron chi connectivity index (χ0n) is 16.1. The second-order valence-electron chi connectivity index (χ2n) is 6.93. The number of nitrogens with one attached hydrogen (secondary N) is 1. The van der Waals surface area contributed by atoms with Crippen molar-refractivity contribution in [2.75, 3.05) is 25.5 Å². The van der Waals surface area contributed by atoms with E-state index >= 15 is 0 Å². The molecule has 162 valence electrons. The SMILES string of the molecule is Nc1nc(OC2CCOC2)c2nc(-c3ccc(C(=O)NCC(F)(F)F)cc3)ccc2n1. The van der Waals surface area contributed by atoms with Crippen LogP contribution < -0.4 is 15.8 Å². The van der Waals surface area contributed by atoms with Crippen LogP contribution in [0.2, 0.25) is 0 Å². The number of benzene rings is 1. The van der Waals surface area contributed by atoms with Crippen LogP contribution in [0, 0.1) is 0 Å². The Morgan fingerprint density at radius 1 is 1.16 bits per heavy atom. The van der Waals surface area contributed by atoms with Crippen molar-refractivity contribution in [3.8, 4) is 17.1 Å². The number of nitrogens with two attached hydrogens (primary N) is 1. The van der Waals surface area contributed by atoms with E-state index in [0.29, 0.717) is 35.5 Å². The van der Waals surface area contributed by atoms with Gasteiger partial charge in [-0.25, -0.2) is 9.97 Å². The van der Waals surface area contributed by atoms with Gasteiger partial charge in [0, 0.05) is 17.5 Å². The molecule has 1 fully saturated rings. The lowest BCUT2D eigenvalue weighted by molar-refractivity contribution is -0.123. The summed E-state index contributed by atoms with van der Waals surface area (Å²) in [7, 11) is 0. The van der Waals surface area contributed by atoms with E-state index in [1.807, 2.05) is 5.32 Å². The van der Waals surface area contributed by atoms with Crippen molar-refractivity contribution in [1.29, 1.82) is 0 Å². The number of hydrogen-bond acceptors (Lipinski definition) is 7. The molecule has 0 spiro atoms. The third-order valence-electron chi connectivity index (χ3n) is 4.59. The first-order chi connectivity index (χ1) is 14.8. The van der Waals surface area contributed by atoms with Crippen molar-refractivity contribution < 1.29 is 27.4 Å². The Balaban J connectivity index is 1.59. The summed E-state index contributed by atoms with van der Waals surface area (Å²) in [5, 5.41) is 1.83. The summed E-state index contributed by atoms with van der Waals surface area (Å²) in [5.41, 5.74) is 8.02. The first kappa shape index (κ1) is 20.8. The molecule has 1 saturated heterocycles. The number of carbonyl (C=O) groups is 1. The van der Waals surface area contributed by atoms with Crippen molar-refractivity contribution in [2.24, 2.45) is 0 Å². The Bertz CT molecular complexity index is 1100. The Morgan fingerprint density at radius 2 is 1.94 bits per heavy atom. The Morgan fingerprint density at radius 3 is 2.61 bits per heavy atom. The fourth-order valence-electron chi connectivity index (χ4n) is 3.09. The maximum Gasteiger partial charge on any atom is 0.405 e. The average molecular weight is 433 g/mol. The van der Waals surface area contributed by atoms with Gasteiger partial charge >= 0.3 is 6.18 Å². The van der Waals surface area contributed by atoms with Gasteiger partial charge in [-0.1, -0.05) is 12.1 Å². The highest BCUT2D eigenvalue weighted by molar-refractivity contribution is 5.94. The number of pyridine rings is 1. The third kappa shape index (κ3) is 5.00. The Kier molecular flexibility index (Phi) is 5.59. The number of fused-ring (bicyclic) bond motifs is 1. The van der Waals surface area contributed by atoms with Crippen molar-refractivity contribution in [3.05, 3.63) is 42.0 Å². The molecule has 1 aromatic carbocycles. The summed E-state index contributed by atoms with van der Waals surface area (Å²) in [6.45, 7) is -0.342. The molecule has 3 N–H and O–H groups in total. The number of alkyl halides is 3. The molecule has 0 radical (unpaired) electrons. The predicted octanol–water partition coefficient (Wildman–Crippen LogP) is 2.73. The molecule has 3 aromatic rings. The molecular formula is C20H18F3N5O3. The number of nitrogens with zero attached hydrogens (tertiary/aromatic N) is 3. The number of hydrogen-bond donors (Lipinski definition) is 2. The van der Waals surface area contributed by atoms with Crippen LogP contribution >= 0.6 is 0 Å². The summed E-state index contributed by atoms with van der Waals surface area (Å²) in [6.07, 6.45) is -3.90. The quantitative estimate of drug-likeness (QED) is 0.636. The highest BCUT2D eigenvalue weighted by Gasteiger charge is 2.28. The van der Waals surface area contributed by atoms with Crippen molar-refractivity contribution in [2.45, 2.75) is 18.7 Å². The molecule has 1 aliphatic rings. The van der Waals surface area contributed by atoms with Gasteiger partial charge in [-0.3, -0.25) is 4.79 Å². The number of aromatic nitrogens is 3. The topological polar surface area (TPSA) is 112 Å². The Labute approximate surface area is 174 Å². The molecule has 3 heterocycles. The summed E-state index contributed by atoms with van der Waals surface area (Å²) in [4.78, 5) is 24.8. The summed E-state index contributed by atoms with van der Waals surface area (Å²) < 4.78 is 48.0. The van der Waals surface area contributed by atoms with Gasteiger partial charge < -0.3 is 20.5 Å².